The molecule has 2 saturated heterocycles. The van der Waals surface area contributed by atoms with E-state index in [0.717, 1.165) is 23.9 Å². The van der Waals surface area contributed by atoms with Crippen molar-refractivity contribution in [3.05, 3.63) is 36.9 Å². The summed E-state index contributed by atoms with van der Waals surface area (Å²) in [5.74, 6) is 2.59. The van der Waals surface area contributed by atoms with Crippen molar-refractivity contribution >= 4 is 5.91 Å². The van der Waals surface area contributed by atoms with Crippen LogP contribution in [-0.2, 0) is 16.1 Å². The van der Waals surface area contributed by atoms with Gasteiger partial charge in [0.05, 0.1) is 12.6 Å². The Morgan fingerprint density at radius 3 is 2.63 bits per heavy atom. The Bertz CT molecular complexity index is 842. The maximum absolute atomic E-state index is 12.5. The first-order valence-electron chi connectivity index (χ1n) is 11.3. The third-order valence-corrected chi connectivity index (χ3v) is 6.65. The van der Waals surface area contributed by atoms with Crippen molar-refractivity contribution in [2.24, 2.45) is 11.8 Å². The molecule has 2 aromatic rings. The van der Waals surface area contributed by atoms with Crippen LogP contribution in [0.25, 0.3) is 11.4 Å². The minimum Gasteiger partial charge on any atom is -0.365 e. The van der Waals surface area contributed by atoms with E-state index in [1.165, 1.54) is 45.3 Å². The van der Waals surface area contributed by atoms with Gasteiger partial charge in [0.15, 0.2) is 0 Å². The van der Waals surface area contributed by atoms with E-state index in [1.807, 2.05) is 35.6 Å². The van der Waals surface area contributed by atoms with Crippen molar-refractivity contribution in [3.63, 3.8) is 0 Å². The van der Waals surface area contributed by atoms with Gasteiger partial charge in [0.1, 0.15) is 12.4 Å². The summed E-state index contributed by atoms with van der Waals surface area (Å²) in [6.45, 7) is 6.06. The van der Waals surface area contributed by atoms with Crippen molar-refractivity contribution in [2.45, 2.75) is 38.3 Å². The minimum atomic E-state index is -0.0118. The van der Waals surface area contributed by atoms with Crippen LogP contribution in [0.2, 0.25) is 0 Å². The van der Waals surface area contributed by atoms with E-state index >= 15 is 0 Å². The van der Waals surface area contributed by atoms with Crippen LogP contribution in [0.5, 0.6) is 0 Å². The standard InChI is InChI=1S/C23H31N5O2/c29-22-17-30-21(15-27-11-8-25-23(27)20-2-1-7-24-12-20)16-28(22)14-19-5-9-26(10-6-19)13-18-3-4-18/h1-2,7-8,11-12,18-19,21H,3-6,9-10,13-17H2. The Labute approximate surface area is 178 Å². The molecule has 0 bridgehead atoms. The number of morpholine rings is 1. The number of likely N-dealkylation sites (tertiary alicyclic amines) is 1. The minimum absolute atomic E-state index is 0.0118. The smallest absolute Gasteiger partial charge is 0.248 e. The van der Waals surface area contributed by atoms with Gasteiger partial charge in [-0.1, -0.05) is 0 Å². The lowest BCUT2D eigenvalue weighted by molar-refractivity contribution is -0.150. The van der Waals surface area contributed by atoms with Gasteiger partial charge >= 0.3 is 0 Å². The predicted octanol–water partition coefficient (Wildman–Crippen LogP) is 2.29. The second-order valence-corrected chi connectivity index (χ2v) is 9.06. The Morgan fingerprint density at radius 2 is 1.87 bits per heavy atom. The summed E-state index contributed by atoms with van der Waals surface area (Å²) < 4.78 is 7.98. The van der Waals surface area contributed by atoms with Gasteiger partial charge in [-0.15, -0.1) is 0 Å². The SMILES string of the molecule is O=C1COC(Cn2ccnc2-c2cccnc2)CN1CC1CCN(CC2CC2)CC1. The monoisotopic (exact) mass is 409 g/mol. The van der Waals surface area contributed by atoms with E-state index in [2.05, 4.69) is 19.4 Å². The molecule has 160 valence electrons. The van der Waals surface area contributed by atoms with Crippen molar-refractivity contribution in [1.82, 2.24) is 24.3 Å². The first-order chi connectivity index (χ1) is 14.7. The summed E-state index contributed by atoms with van der Waals surface area (Å²) in [5, 5.41) is 0. The first-order valence-corrected chi connectivity index (χ1v) is 11.3. The van der Waals surface area contributed by atoms with Gasteiger partial charge in [-0.2, -0.15) is 0 Å². The molecule has 2 aliphatic heterocycles. The zero-order valence-electron chi connectivity index (χ0n) is 17.5. The normalized spacial score (nSPS) is 23.8. The molecule has 1 amide bonds. The highest BCUT2D eigenvalue weighted by atomic mass is 16.5. The average molecular weight is 410 g/mol. The summed E-state index contributed by atoms with van der Waals surface area (Å²) in [7, 11) is 0. The van der Waals surface area contributed by atoms with Crippen LogP contribution in [0.4, 0.5) is 0 Å². The Balaban J connectivity index is 1.16. The lowest BCUT2D eigenvalue weighted by Gasteiger charge is -2.38. The van der Waals surface area contributed by atoms with Gasteiger partial charge in [0.2, 0.25) is 5.91 Å². The lowest BCUT2D eigenvalue weighted by atomic mass is 9.95. The molecule has 3 fully saturated rings. The molecular weight excluding hydrogens is 378 g/mol. The van der Waals surface area contributed by atoms with Crippen LogP contribution in [0, 0.1) is 11.8 Å². The Kier molecular flexibility index (Phi) is 5.82. The number of nitrogens with zero attached hydrogens (tertiary/aromatic N) is 5. The molecule has 5 rings (SSSR count). The van der Waals surface area contributed by atoms with Gasteiger partial charge in [-0.05, 0) is 62.7 Å². The van der Waals surface area contributed by atoms with E-state index in [4.69, 9.17) is 4.74 Å². The molecule has 0 radical (unpaired) electrons. The molecule has 7 heteroatoms. The van der Waals surface area contributed by atoms with Gasteiger partial charge in [-0.3, -0.25) is 9.78 Å². The highest BCUT2D eigenvalue weighted by molar-refractivity contribution is 5.78. The van der Waals surface area contributed by atoms with E-state index < -0.39 is 0 Å². The number of aromatic nitrogens is 3. The number of carbonyl (C=O) groups excluding carboxylic acids is 1. The molecule has 1 saturated carbocycles. The maximum atomic E-state index is 12.5. The molecule has 1 unspecified atom stereocenters. The topological polar surface area (TPSA) is 63.5 Å². The van der Waals surface area contributed by atoms with Crippen LogP contribution in [0.3, 0.4) is 0 Å². The second kappa shape index (κ2) is 8.86. The molecule has 1 aliphatic carbocycles. The molecule has 0 N–H and O–H groups in total. The molecule has 30 heavy (non-hydrogen) atoms. The van der Waals surface area contributed by atoms with Crippen molar-refractivity contribution in [2.75, 3.05) is 39.3 Å². The van der Waals surface area contributed by atoms with Crippen molar-refractivity contribution in [3.8, 4) is 11.4 Å². The zero-order valence-corrected chi connectivity index (χ0v) is 17.5. The number of pyridine rings is 1. The van der Waals surface area contributed by atoms with Crippen LogP contribution in [0.1, 0.15) is 25.7 Å². The van der Waals surface area contributed by atoms with Gasteiger partial charge in [0, 0.05) is 50.0 Å². The highest BCUT2D eigenvalue weighted by Gasteiger charge is 2.31. The molecule has 0 aromatic carbocycles. The highest BCUT2D eigenvalue weighted by Crippen LogP contribution is 2.31. The van der Waals surface area contributed by atoms with E-state index in [0.29, 0.717) is 19.0 Å². The number of carbonyl (C=O) groups is 1. The van der Waals surface area contributed by atoms with Crippen molar-refractivity contribution < 1.29 is 9.53 Å². The number of hydrogen-bond donors (Lipinski definition) is 0. The number of rotatable bonds is 7. The Hall–Kier alpha value is -2.25. The third kappa shape index (κ3) is 4.73. The number of imidazole rings is 1. The third-order valence-electron chi connectivity index (χ3n) is 6.65. The van der Waals surface area contributed by atoms with E-state index in [9.17, 15) is 4.79 Å². The molecule has 7 nitrogen and oxygen atoms in total. The first kappa shape index (κ1) is 19.7. The van der Waals surface area contributed by atoms with Crippen LogP contribution in [0.15, 0.2) is 36.9 Å². The average Bonchev–Trinajstić information content (AvgIpc) is 3.47. The number of piperidine rings is 1. The molecule has 3 aliphatic rings. The van der Waals surface area contributed by atoms with Gasteiger partial charge in [0.25, 0.3) is 0 Å². The number of ether oxygens (including phenoxy) is 1. The second-order valence-electron chi connectivity index (χ2n) is 9.06. The summed E-state index contributed by atoms with van der Waals surface area (Å²) in [6, 6.07) is 3.93. The number of amides is 1. The molecule has 1 atom stereocenters. The molecule has 0 spiro atoms. The van der Waals surface area contributed by atoms with E-state index in [-0.39, 0.29) is 18.6 Å². The number of hydrogen-bond acceptors (Lipinski definition) is 5. The summed E-state index contributed by atoms with van der Waals surface area (Å²) in [5.41, 5.74) is 0.990. The largest absolute Gasteiger partial charge is 0.365 e. The predicted molar refractivity (Wildman–Crippen MR) is 114 cm³/mol. The van der Waals surface area contributed by atoms with Crippen LogP contribution in [-0.4, -0.2) is 75.7 Å². The van der Waals surface area contributed by atoms with Crippen LogP contribution >= 0.6 is 0 Å². The molecule has 4 heterocycles. The lowest BCUT2D eigenvalue weighted by Crippen LogP contribution is -2.50. The maximum Gasteiger partial charge on any atom is 0.248 e. The molecule has 2 aromatic heterocycles. The fourth-order valence-corrected chi connectivity index (χ4v) is 4.73. The zero-order chi connectivity index (χ0) is 20.3. The van der Waals surface area contributed by atoms with E-state index in [1.54, 1.807) is 6.20 Å². The Morgan fingerprint density at radius 1 is 1.03 bits per heavy atom. The summed E-state index contributed by atoms with van der Waals surface area (Å²) in [6.07, 6.45) is 12.6. The molecular formula is C23H31N5O2. The fourth-order valence-electron chi connectivity index (χ4n) is 4.73. The van der Waals surface area contributed by atoms with Gasteiger partial charge in [-0.25, -0.2) is 4.98 Å². The fraction of sp³-hybridized carbons (Fsp3) is 0.609. The van der Waals surface area contributed by atoms with Crippen molar-refractivity contribution in [1.29, 1.82) is 0 Å². The quantitative estimate of drug-likeness (QED) is 0.702. The van der Waals surface area contributed by atoms with Crippen LogP contribution < -0.4 is 0 Å². The summed E-state index contributed by atoms with van der Waals surface area (Å²) in [4.78, 5) is 25.8. The summed E-state index contributed by atoms with van der Waals surface area (Å²) >= 11 is 0. The van der Waals surface area contributed by atoms with Gasteiger partial charge < -0.3 is 19.1 Å².